The highest BCUT2D eigenvalue weighted by Gasteiger charge is 2.29. The Kier molecular flexibility index (Phi) is 5.83. The molecule has 0 amide bonds. The summed E-state index contributed by atoms with van der Waals surface area (Å²) >= 11 is 0. The van der Waals surface area contributed by atoms with Crippen molar-refractivity contribution in [3.63, 3.8) is 0 Å². The summed E-state index contributed by atoms with van der Waals surface area (Å²) < 4.78 is 0. The molecule has 0 heterocycles. The van der Waals surface area contributed by atoms with Crippen molar-refractivity contribution >= 4 is 0 Å². The minimum absolute atomic E-state index is 0.431. The van der Waals surface area contributed by atoms with Crippen LogP contribution >= 0.6 is 0 Å². The topological polar surface area (TPSA) is 0 Å². The monoisotopic (exact) mass is 194 g/mol. The van der Waals surface area contributed by atoms with Crippen LogP contribution in [0.4, 0.5) is 0 Å². The van der Waals surface area contributed by atoms with E-state index >= 15 is 0 Å². The normalized spacial score (nSPS) is 24.4. The summed E-state index contributed by atoms with van der Waals surface area (Å²) in [6.45, 7) is 15.0. The Morgan fingerprint density at radius 1 is 1.50 bits per heavy atom. The van der Waals surface area contributed by atoms with Gasteiger partial charge in [0.2, 0.25) is 0 Å². The van der Waals surface area contributed by atoms with Crippen LogP contribution in [-0.4, -0.2) is 0 Å². The molecule has 0 saturated heterocycles. The molecule has 1 aliphatic carbocycles. The van der Waals surface area contributed by atoms with Gasteiger partial charge in [-0.05, 0) is 25.2 Å². The van der Waals surface area contributed by atoms with Crippen LogP contribution in [0.3, 0.4) is 0 Å². The molecule has 1 unspecified atom stereocenters. The largest absolute Gasteiger partial charge is 0.102 e. The summed E-state index contributed by atoms with van der Waals surface area (Å²) in [4.78, 5) is 0. The summed E-state index contributed by atoms with van der Waals surface area (Å²) in [7, 11) is 0. The van der Waals surface area contributed by atoms with E-state index in [-0.39, 0.29) is 0 Å². The quantitative estimate of drug-likeness (QED) is 0.517. The molecule has 0 aromatic carbocycles. The Morgan fingerprint density at radius 2 is 2.00 bits per heavy atom. The minimum Gasteiger partial charge on any atom is -0.102 e. The molecule has 0 aromatic heterocycles. The highest BCUT2D eigenvalue weighted by molar-refractivity contribution is 5.17. The van der Waals surface area contributed by atoms with Gasteiger partial charge in [0.25, 0.3) is 0 Å². The molecule has 0 heteroatoms. The predicted molar refractivity (Wildman–Crippen MR) is 66.4 cm³/mol. The Balaban J connectivity index is 0.000000500. The first-order valence-electron chi connectivity index (χ1n) is 5.78. The van der Waals surface area contributed by atoms with Crippen molar-refractivity contribution in [2.75, 3.05) is 0 Å². The molecular formula is C14H26. The number of rotatable bonds is 1. The van der Waals surface area contributed by atoms with Gasteiger partial charge in [0.15, 0.2) is 0 Å². The molecular weight excluding hydrogens is 168 g/mol. The van der Waals surface area contributed by atoms with Crippen molar-refractivity contribution in [2.24, 2.45) is 11.3 Å². The molecule has 82 valence electrons. The van der Waals surface area contributed by atoms with E-state index in [0.29, 0.717) is 11.3 Å². The first kappa shape index (κ1) is 13.5. The molecule has 14 heavy (non-hydrogen) atoms. The van der Waals surface area contributed by atoms with Gasteiger partial charge in [0.1, 0.15) is 0 Å². The summed E-state index contributed by atoms with van der Waals surface area (Å²) in [5.41, 5.74) is 1.93. The molecule has 0 nitrogen and oxygen atoms in total. The van der Waals surface area contributed by atoms with Crippen molar-refractivity contribution in [3.05, 3.63) is 24.3 Å². The zero-order valence-corrected chi connectivity index (χ0v) is 10.6. The highest BCUT2D eigenvalue weighted by Crippen LogP contribution is 2.41. The fourth-order valence-corrected chi connectivity index (χ4v) is 2.08. The lowest BCUT2D eigenvalue weighted by molar-refractivity contribution is 0.256. The van der Waals surface area contributed by atoms with Crippen molar-refractivity contribution < 1.29 is 0 Å². The fourth-order valence-electron chi connectivity index (χ4n) is 2.08. The van der Waals surface area contributed by atoms with Crippen LogP contribution in [0.15, 0.2) is 24.3 Å². The zero-order valence-electron chi connectivity index (χ0n) is 10.6. The molecule has 0 spiro atoms. The molecule has 0 N–H and O–H groups in total. The van der Waals surface area contributed by atoms with Crippen LogP contribution in [0.25, 0.3) is 0 Å². The summed E-state index contributed by atoms with van der Waals surface area (Å²) in [6.07, 6.45) is 8.22. The molecule has 1 rings (SSSR count). The van der Waals surface area contributed by atoms with Crippen LogP contribution in [0.1, 0.15) is 53.9 Å². The van der Waals surface area contributed by atoms with E-state index in [1.807, 2.05) is 0 Å². The summed E-state index contributed by atoms with van der Waals surface area (Å²) in [5, 5.41) is 0. The van der Waals surface area contributed by atoms with Crippen LogP contribution < -0.4 is 0 Å². The zero-order chi connectivity index (χ0) is 11.2. The van der Waals surface area contributed by atoms with Gasteiger partial charge in [-0.15, -0.1) is 6.58 Å². The van der Waals surface area contributed by atoms with E-state index in [2.05, 4.69) is 53.3 Å². The van der Waals surface area contributed by atoms with Crippen LogP contribution in [0.5, 0.6) is 0 Å². The van der Waals surface area contributed by atoms with E-state index in [1.54, 1.807) is 0 Å². The second kappa shape index (κ2) is 6.06. The lowest BCUT2D eigenvalue weighted by Gasteiger charge is -2.36. The lowest BCUT2D eigenvalue weighted by Crippen LogP contribution is -2.25. The number of hydrogen-bond acceptors (Lipinski definition) is 0. The molecule has 0 aliphatic heterocycles. The first-order chi connectivity index (χ1) is 6.49. The molecule has 1 atom stereocenters. The van der Waals surface area contributed by atoms with Gasteiger partial charge in [0, 0.05) is 5.92 Å². The Labute approximate surface area is 90.1 Å². The Bertz CT molecular complexity index is 196. The molecule has 0 bridgehead atoms. The molecule has 0 fully saturated rings. The SMILES string of the molecule is C=CC1C(C)=CCCC1(C)C.CCC. The van der Waals surface area contributed by atoms with Crippen LogP contribution in [0.2, 0.25) is 0 Å². The Morgan fingerprint density at radius 3 is 2.29 bits per heavy atom. The van der Waals surface area contributed by atoms with Crippen molar-refractivity contribution in [3.8, 4) is 0 Å². The molecule has 0 aromatic rings. The minimum atomic E-state index is 0.431. The molecule has 1 aliphatic rings. The second-order valence-electron chi connectivity index (χ2n) is 4.90. The maximum atomic E-state index is 3.89. The smallest absolute Gasteiger partial charge is 0.00226 e. The average molecular weight is 194 g/mol. The summed E-state index contributed by atoms with van der Waals surface area (Å²) in [5.74, 6) is 0.594. The molecule has 0 radical (unpaired) electrons. The van der Waals surface area contributed by atoms with Crippen LogP contribution in [0, 0.1) is 11.3 Å². The number of allylic oxidation sites excluding steroid dienone is 3. The van der Waals surface area contributed by atoms with E-state index in [1.165, 1.54) is 24.8 Å². The maximum absolute atomic E-state index is 3.89. The average Bonchev–Trinajstić information content (AvgIpc) is 2.04. The van der Waals surface area contributed by atoms with Gasteiger partial charge in [-0.2, -0.15) is 0 Å². The van der Waals surface area contributed by atoms with Gasteiger partial charge >= 0.3 is 0 Å². The maximum Gasteiger partial charge on any atom is 0.00226 e. The van der Waals surface area contributed by atoms with Crippen molar-refractivity contribution in [2.45, 2.75) is 53.9 Å². The van der Waals surface area contributed by atoms with E-state index in [4.69, 9.17) is 0 Å². The van der Waals surface area contributed by atoms with Crippen molar-refractivity contribution in [1.29, 1.82) is 0 Å². The third-order valence-corrected chi connectivity index (χ3v) is 2.82. The van der Waals surface area contributed by atoms with Gasteiger partial charge in [-0.3, -0.25) is 0 Å². The van der Waals surface area contributed by atoms with E-state index < -0.39 is 0 Å². The standard InChI is InChI=1S/C11H18.C3H8/c1-5-10-9(2)7-6-8-11(10,3)4;1-3-2/h5,7,10H,1,6,8H2,2-4H3;3H2,1-2H3. The van der Waals surface area contributed by atoms with Gasteiger partial charge in [0.05, 0.1) is 0 Å². The third-order valence-electron chi connectivity index (χ3n) is 2.82. The van der Waals surface area contributed by atoms with Gasteiger partial charge in [-0.1, -0.05) is 51.8 Å². The van der Waals surface area contributed by atoms with Gasteiger partial charge < -0.3 is 0 Å². The van der Waals surface area contributed by atoms with Crippen molar-refractivity contribution in [1.82, 2.24) is 0 Å². The highest BCUT2D eigenvalue weighted by atomic mass is 14.3. The number of hydrogen-bond donors (Lipinski definition) is 0. The van der Waals surface area contributed by atoms with E-state index in [0.717, 1.165) is 0 Å². The van der Waals surface area contributed by atoms with Crippen LogP contribution in [-0.2, 0) is 0 Å². The van der Waals surface area contributed by atoms with E-state index in [9.17, 15) is 0 Å². The predicted octanol–water partition coefficient (Wildman–Crippen LogP) is 4.97. The van der Waals surface area contributed by atoms with Gasteiger partial charge in [-0.25, -0.2) is 0 Å². The Hall–Kier alpha value is -0.520. The first-order valence-corrected chi connectivity index (χ1v) is 5.78. The summed E-state index contributed by atoms with van der Waals surface area (Å²) in [6, 6.07) is 0. The molecule has 0 saturated carbocycles. The second-order valence-corrected chi connectivity index (χ2v) is 4.90. The fraction of sp³-hybridized carbons (Fsp3) is 0.714. The lowest BCUT2D eigenvalue weighted by atomic mass is 9.69. The third kappa shape index (κ3) is 3.69.